The van der Waals surface area contributed by atoms with Crippen molar-refractivity contribution in [3.8, 4) is 0 Å². The van der Waals surface area contributed by atoms with Crippen LogP contribution in [0.25, 0.3) is 0 Å². The molecule has 132 valence electrons. The normalized spacial score (nSPS) is 18.1. The van der Waals surface area contributed by atoms with Crippen LogP contribution in [0, 0.1) is 0 Å². The lowest BCUT2D eigenvalue weighted by molar-refractivity contribution is 0.177. The highest BCUT2D eigenvalue weighted by molar-refractivity contribution is 5.40. The van der Waals surface area contributed by atoms with Crippen LogP contribution in [0.1, 0.15) is 29.5 Å². The standard InChI is InChI=1S/C24H26N2/c25-24(21-13-6-2-7-14-21,22-15-8-3-9-16-22)23-17-10-18-26(23)19-20-11-4-1-5-12-20/h1-9,11-16,23H,10,17-19,25H2/t23-/m0/s1. The summed E-state index contributed by atoms with van der Waals surface area (Å²) in [6.45, 7) is 2.04. The summed E-state index contributed by atoms with van der Waals surface area (Å²) in [6.07, 6.45) is 2.31. The fourth-order valence-corrected chi connectivity index (χ4v) is 4.33. The quantitative estimate of drug-likeness (QED) is 0.737. The van der Waals surface area contributed by atoms with Gasteiger partial charge in [0, 0.05) is 12.6 Å². The van der Waals surface area contributed by atoms with E-state index in [-0.39, 0.29) is 6.04 Å². The van der Waals surface area contributed by atoms with E-state index in [1.54, 1.807) is 0 Å². The Labute approximate surface area is 156 Å². The van der Waals surface area contributed by atoms with Crippen LogP contribution in [0.2, 0.25) is 0 Å². The predicted molar refractivity (Wildman–Crippen MR) is 108 cm³/mol. The first-order valence-corrected chi connectivity index (χ1v) is 9.46. The Morgan fingerprint density at radius 2 is 1.27 bits per heavy atom. The van der Waals surface area contributed by atoms with Crippen molar-refractivity contribution in [1.29, 1.82) is 0 Å². The highest BCUT2D eigenvalue weighted by atomic mass is 15.2. The predicted octanol–water partition coefficient (Wildman–Crippen LogP) is 4.55. The molecule has 0 spiro atoms. The Morgan fingerprint density at radius 3 is 1.81 bits per heavy atom. The van der Waals surface area contributed by atoms with Gasteiger partial charge in [-0.25, -0.2) is 0 Å². The largest absolute Gasteiger partial charge is 0.316 e. The van der Waals surface area contributed by atoms with E-state index in [4.69, 9.17) is 5.73 Å². The maximum Gasteiger partial charge on any atom is 0.0823 e. The molecule has 2 heteroatoms. The minimum absolute atomic E-state index is 0.285. The van der Waals surface area contributed by atoms with Crippen molar-refractivity contribution in [3.63, 3.8) is 0 Å². The molecule has 1 atom stereocenters. The minimum Gasteiger partial charge on any atom is -0.316 e. The third-order valence-electron chi connectivity index (χ3n) is 5.62. The van der Waals surface area contributed by atoms with Gasteiger partial charge in [0.25, 0.3) is 0 Å². The summed E-state index contributed by atoms with van der Waals surface area (Å²) in [5.41, 5.74) is 10.5. The third-order valence-corrected chi connectivity index (χ3v) is 5.62. The number of hydrogen-bond donors (Lipinski definition) is 1. The second kappa shape index (κ2) is 7.45. The van der Waals surface area contributed by atoms with Gasteiger partial charge < -0.3 is 5.73 Å². The fraction of sp³-hybridized carbons (Fsp3) is 0.250. The van der Waals surface area contributed by atoms with Crippen LogP contribution in [-0.4, -0.2) is 17.5 Å². The summed E-state index contributed by atoms with van der Waals surface area (Å²) in [6, 6.07) is 32.2. The van der Waals surface area contributed by atoms with Crippen molar-refractivity contribution in [2.75, 3.05) is 6.54 Å². The smallest absolute Gasteiger partial charge is 0.0823 e. The van der Waals surface area contributed by atoms with Gasteiger partial charge in [-0.2, -0.15) is 0 Å². The van der Waals surface area contributed by atoms with Crippen LogP contribution in [0.15, 0.2) is 91.0 Å². The van der Waals surface area contributed by atoms with Crippen molar-refractivity contribution < 1.29 is 0 Å². The molecule has 0 aliphatic carbocycles. The summed E-state index contributed by atoms with van der Waals surface area (Å²) in [5, 5.41) is 0. The molecule has 0 aromatic heterocycles. The highest BCUT2D eigenvalue weighted by Crippen LogP contribution is 2.38. The average molecular weight is 342 g/mol. The summed E-state index contributed by atoms with van der Waals surface area (Å²) < 4.78 is 0. The average Bonchev–Trinajstić information content (AvgIpc) is 3.18. The molecule has 1 aliphatic rings. The van der Waals surface area contributed by atoms with Crippen LogP contribution in [0.4, 0.5) is 0 Å². The van der Waals surface area contributed by atoms with Gasteiger partial charge in [0.15, 0.2) is 0 Å². The van der Waals surface area contributed by atoms with Crippen molar-refractivity contribution in [1.82, 2.24) is 4.90 Å². The third kappa shape index (κ3) is 3.18. The molecule has 0 amide bonds. The molecular formula is C24H26N2. The monoisotopic (exact) mass is 342 g/mol. The lowest BCUT2D eigenvalue weighted by Gasteiger charge is -2.41. The summed E-state index contributed by atoms with van der Waals surface area (Å²) in [7, 11) is 0. The Balaban J connectivity index is 1.74. The topological polar surface area (TPSA) is 29.3 Å². The zero-order chi connectivity index (χ0) is 17.8. The SMILES string of the molecule is NC(c1ccccc1)(c1ccccc1)[C@@H]1CCCN1Cc1ccccc1. The highest BCUT2D eigenvalue weighted by Gasteiger charge is 2.43. The van der Waals surface area contributed by atoms with Crippen molar-refractivity contribution in [3.05, 3.63) is 108 Å². The molecule has 0 unspecified atom stereocenters. The first kappa shape index (κ1) is 17.0. The lowest BCUT2D eigenvalue weighted by atomic mass is 9.76. The molecule has 2 N–H and O–H groups in total. The molecule has 3 aromatic rings. The summed E-state index contributed by atoms with van der Waals surface area (Å²) in [5.74, 6) is 0. The van der Waals surface area contributed by atoms with Crippen LogP contribution >= 0.6 is 0 Å². The minimum atomic E-state index is -0.506. The Hall–Kier alpha value is -2.42. The second-order valence-corrected chi connectivity index (χ2v) is 7.22. The first-order chi connectivity index (χ1) is 12.8. The number of benzene rings is 3. The number of rotatable bonds is 5. The number of likely N-dealkylation sites (tertiary alicyclic amines) is 1. The van der Waals surface area contributed by atoms with E-state index in [1.165, 1.54) is 23.1 Å². The maximum absolute atomic E-state index is 7.25. The molecule has 1 heterocycles. The number of nitrogens with two attached hydrogens (primary N) is 1. The van der Waals surface area contributed by atoms with Crippen molar-refractivity contribution in [2.24, 2.45) is 5.73 Å². The molecule has 26 heavy (non-hydrogen) atoms. The van der Waals surface area contributed by atoms with Crippen molar-refractivity contribution >= 4 is 0 Å². The van der Waals surface area contributed by atoms with E-state index in [1.807, 2.05) is 0 Å². The van der Waals surface area contributed by atoms with E-state index in [9.17, 15) is 0 Å². The van der Waals surface area contributed by atoms with Gasteiger partial charge >= 0.3 is 0 Å². The zero-order valence-corrected chi connectivity index (χ0v) is 15.1. The van der Waals surface area contributed by atoms with Gasteiger partial charge in [0.2, 0.25) is 0 Å². The molecular weight excluding hydrogens is 316 g/mol. The van der Waals surface area contributed by atoms with E-state index in [0.29, 0.717) is 0 Å². The van der Waals surface area contributed by atoms with E-state index in [0.717, 1.165) is 19.5 Å². The van der Waals surface area contributed by atoms with Crippen LogP contribution in [-0.2, 0) is 12.1 Å². The maximum atomic E-state index is 7.25. The van der Waals surface area contributed by atoms with Crippen molar-refractivity contribution in [2.45, 2.75) is 31.0 Å². The molecule has 0 radical (unpaired) electrons. The van der Waals surface area contributed by atoms with Crippen LogP contribution in [0.3, 0.4) is 0 Å². The molecule has 2 nitrogen and oxygen atoms in total. The lowest BCUT2D eigenvalue weighted by Crippen LogP contribution is -2.54. The molecule has 1 aliphatic heterocycles. The van der Waals surface area contributed by atoms with Gasteiger partial charge in [0.05, 0.1) is 5.54 Å². The molecule has 4 rings (SSSR count). The Kier molecular flexibility index (Phi) is 4.87. The van der Waals surface area contributed by atoms with E-state index < -0.39 is 5.54 Å². The molecule has 0 saturated carbocycles. The first-order valence-electron chi connectivity index (χ1n) is 9.46. The van der Waals surface area contributed by atoms with Gasteiger partial charge in [-0.15, -0.1) is 0 Å². The van der Waals surface area contributed by atoms with E-state index >= 15 is 0 Å². The fourth-order valence-electron chi connectivity index (χ4n) is 4.33. The molecule has 1 saturated heterocycles. The summed E-state index contributed by atoms with van der Waals surface area (Å²) >= 11 is 0. The Bertz CT molecular complexity index is 775. The zero-order valence-electron chi connectivity index (χ0n) is 15.1. The molecule has 3 aromatic carbocycles. The van der Waals surface area contributed by atoms with Gasteiger partial charge in [-0.1, -0.05) is 91.0 Å². The van der Waals surface area contributed by atoms with Gasteiger partial charge in [0.1, 0.15) is 0 Å². The van der Waals surface area contributed by atoms with Crippen LogP contribution < -0.4 is 5.73 Å². The van der Waals surface area contributed by atoms with Crippen LogP contribution in [0.5, 0.6) is 0 Å². The van der Waals surface area contributed by atoms with E-state index in [2.05, 4.69) is 95.9 Å². The van der Waals surface area contributed by atoms with Gasteiger partial charge in [-0.3, -0.25) is 4.90 Å². The second-order valence-electron chi connectivity index (χ2n) is 7.22. The summed E-state index contributed by atoms with van der Waals surface area (Å²) in [4.78, 5) is 2.56. The molecule has 1 fully saturated rings. The number of nitrogens with zero attached hydrogens (tertiary/aromatic N) is 1. The molecule has 0 bridgehead atoms. The Morgan fingerprint density at radius 1 is 0.769 bits per heavy atom. The number of hydrogen-bond acceptors (Lipinski definition) is 2. The van der Waals surface area contributed by atoms with Gasteiger partial charge in [-0.05, 0) is 36.1 Å².